The number of carbonyl (C=O) groups is 1. The molecule has 114 valence electrons. The normalized spacial score (nSPS) is 16.6. The van der Waals surface area contributed by atoms with Crippen molar-refractivity contribution < 1.29 is 19.4 Å². The molecule has 2 aromatic carbocycles. The minimum Gasteiger partial charge on any atom is -0.490 e. The predicted molar refractivity (Wildman–Crippen MR) is 83.0 cm³/mol. The molecule has 0 fully saturated rings. The number of fused-ring (bicyclic) bond motifs is 1. The Kier molecular flexibility index (Phi) is 3.87. The Bertz CT molecular complexity index is 669. The number of anilines is 1. The molecule has 3 rings (SSSR count). The minimum atomic E-state index is -0.944. The van der Waals surface area contributed by atoms with E-state index in [1.165, 1.54) is 12.1 Å². The van der Waals surface area contributed by atoms with Gasteiger partial charge in [-0.1, -0.05) is 12.1 Å². The molecule has 0 saturated heterocycles. The summed E-state index contributed by atoms with van der Waals surface area (Å²) in [5, 5.41) is 8.87. The molecule has 0 radical (unpaired) electrons. The lowest BCUT2D eigenvalue weighted by molar-refractivity contribution is 0.0696. The number of nitrogens with zero attached hydrogens (tertiary/aromatic N) is 1. The standard InChI is InChI=1S/C17H17NO4/c1-18-10-14(22-16-5-3-2-4-15(16)18)11-21-13-8-6-12(7-9-13)17(19)20/h2-9,14H,10-11H2,1H3,(H,19,20). The fourth-order valence-corrected chi connectivity index (χ4v) is 2.46. The maximum atomic E-state index is 10.8. The van der Waals surface area contributed by atoms with Crippen LogP contribution in [0.4, 0.5) is 5.69 Å². The zero-order valence-electron chi connectivity index (χ0n) is 12.2. The summed E-state index contributed by atoms with van der Waals surface area (Å²) in [6, 6.07) is 14.3. The van der Waals surface area contributed by atoms with Crippen LogP contribution >= 0.6 is 0 Å². The topological polar surface area (TPSA) is 59.0 Å². The fraction of sp³-hybridized carbons (Fsp3) is 0.235. The van der Waals surface area contributed by atoms with Crippen molar-refractivity contribution in [1.82, 2.24) is 0 Å². The maximum absolute atomic E-state index is 10.8. The van der Waals surface area contributed by atoms with Gasteiger partial charge in [0.05, 0.1) is 17.8 Å². The van der Waals surface area contributed by atoms with Crippen LogP contribution in [0, 0.1) is 0 Å². The maximum Gasteiger partial charge on any atom is 0.335 e. The number of likely N-dealkylation sites (N-methyl/N-ethyl adjacent to an activating group) is 1. The summed E-state index contributed by atoms with van der Waals surface area (Å²) in [7, 11) is 2.02. The first kappa shape index (κ1) is 14.3. The molecule has 0 aliphatic carbocycles. The van der Waals surface area contributed by atoms with Crippen LogP contribution in [0.2, 0.25) is 0 Å². The number of carboxylic acid groups (broad SMARTS) is 1. The van der Waals surface area contributed by atoms with Gasteiger partial charge in [-0.3, -0.25) is 0 Å². The molecule has 5 nitrogen and oxygen atoms in total. The van der Waals surface area contributed by atoms with E-state index < -0.39 is 5.97 Å². The van der Waals surface area contributed by atoms with Crippen LogP contribution in [0.15, 0.2) is 48.5 Å². The van der Waals surface area contributed by atoms with Gasteiger partial charge in [0.15, 0.2) is 0 Å². The van der Waals surface area contributed by atoms with E-state index >= 15 is 0 Å². The van der Waals surface area contributed by atoms with Gasteiger partial charge in [-0.15, -0.1) is 0 Å². The van der Waals surface area contributed by atoms with Crippen molar-refractivity contribution in [3.63, 3.8) is 0 Å². The smallest absolute Gasteiger partial charge is 0.335 e. The van der Waals surface area contributed by atoms with Crippen molar-refractivity contribution in [3.05, 3.63) is 54.1 Å². The zero-order chi connectivity index (χ0) is 15.5. The number of benzene rings is 2. The van der Waals surface area contributed by atoms with E-state index in [0.717, 1.165) is 18.0 Å². The van der Waals surface area contributed by atoms with E-state index in [2.05, 4.69) is 4.90 Å². The average molecular weight is 299 g/mol. The summed E-state index contributed by atoms with van der Waals surface area (Å²) in [5.74, 6) is 0.543. The van der Waals surface area contributed by atoms with Crippen LogP contribution < -0.4 is 14.4 Å². The molecular formula is C17H17NO4. The van der Waals surface area contributed by atoms with E-state index in [9.17, 15) is 4.79 Å². The average Bonchev–Trinajstić information content (AvgIpc) is 2.53. The Hall–Kier alpha value is -2.69. The van der Waals surface area contributed by atoms with E-state index in [0.29, 0.717) is 12.4 Å². The molecule has 0 bridgehead atoms. The fourth-order valence-electron chi connectivity index (χ4n) is 2.46. The molecule has 1 N–H and O–H groups in total. The van der Waals surface area contributed by atoms with E-state index in [1.54, 1.807) is 12.1 Å². The lowest BCUT2D eigenvalue weighted by Gasteiger charge is -2.33. The molecule has 5 heteroatoms. The van der Waals surface area contributed by atoms with Crippen molar-refractivity contribution in [3.8, 4) is 11.5 Å². The van der Waals surface area contributed by atoms with Gasteiger partial charge in [0.1, 0.15) is 24.2 Å². The highest BCUT2D eigenvalue weighted by molar-refractivity contribution is 5.87. The summed E-state index contributed by atoms with van der Waals surface area (Å²) in [5.41, 5.74) is 1.32. The molecular weight excluding hydrogens is 282 g/mol. The first-order chi connectivity index (χ1) is 10.6. The molecule has 0 spiro atoms. The number of ether oxygens (including phenoxy) is 2. The number of carboxylic acids is 1. The Morgan fingerprint density at radius 3 is 2.73 bits per heavy atom. The third kappa shape index (κ3) is 2.98. The molecule has 0 saturated carbocycles. The SMILES string of the molecule is CN1CC(COc2ccc(C(=O)O)cc2)Oc2ccccc21. The Morgan fingerprint density at radius 1 is 1.27 bits per heavy atom. The number of para-hydroxylation sites is 2. The van der Waals surface area contributed by atoms with Gasteiger partial charge in [-0.05, 0) is 36.4 Å². The number of rotatable bonds is 4. The summed E-state index contributed by atoms with van der Waals surface area (Å²) >= 11 is 0. The Labute approximate surface area is 128 Å². The van der Waals surface area contributed by atoms with Gasteiger partial charge in [0.25, 0.3) is 0 Å². The third-order valence-corrected chi connectivity index (χ3v) is 3.58. The summed E-state index contributed by atoms with van der Waals surface area (Å²) in [6.07, 6.45) is -0.0703. The van der Waals surface area contributed by atoms with Crippen LogP contribution in [-0.2, 0) is 0 Å². The molecule has 0 aromatic heterocycles. The molecule has 0 amide bonds. The monoisotopic (exact) mass is 299 g/mol. The van der Waals surface area contributed by atoms with Crippen molar-refractivity contribution in [2.45, 2.75) is 6.10 Å². The number of hydrogen-bond acceptors (Lipinski definition) is 4. The van der Waals surface area contributed by atoms with Crippen molar-refractivity contribution in [2.24, 2.45) is 0 Å². The van der Waals surface area contributed by atoms with Crippen LogP contribution in [-0.4, -0.2) is 37.4 Å². The largest absolute Gasteiger partial charge is 0.490 e. The molecule has 22 heavy (non-hydrogen) atoms. The zero-order valence-corrected chi connectivity index (χ0v) is 12.2. The molecule has 1 unspecified atom stereocenters. The molecule has 2 aromatic rings. The molecule has 1 atom stereocenters. The summed E-state index contributed by atoms with van der Waals surface area (Å²) < 4.78 is 11.6. The van der Waals surface area contributed by atoms with E-state index in [-0.39, 0.29) is 11.7 Å². The minimum absolute atomic E-state index is 0.0703. The van der Waals surface area contributed by atoms with Crippen molar-refractivity contribution >= 4 is 11.7 Å². The number of hydrogen-bond donors (Lipinski definition) is 1. The Morgan fingerprint density at radius 2 is 2.00 bits per heavy atom. The van der Waals surface area contributed by atoms with Gasteiger partial charge in [-0.2, -0.15) is 0 Å². The van der Waals surface area contributed by atoms with E-state index in [1.807, 2.05) is 31.3 Å². The molecule has 1 aliphatic rings. The van der Waals surface area contributed by atoms with Crippen LogP contribution in [0.1, 0.15) is 10.4 Å². The highest BCUT2D eigenvalue weighted by Crippen LogP contribution is 2.31. The van der Waals surface area contributed by atoms with Crippen molar-refractivity contribution in [2.75, 3.05) is 25.1 Å². The first-order valence-corrected chi connectivity index (χ1v) is 7.06. The Balaban J connectivity index is 1.62. The summed E-state index contributed by atoms with van der Waals surface area (Å²) in [4.78, 5) is 12.9. The van der Waals surface area contributed by atoms with Crippen LogP contribution in [0.25, 0.3) is 0 Å². The van der Waals surface area contributed by atoms with Gasteiger partial charge in [0, 0.05) is 7.05 Å². The van der Waals surface area contributed by atoms with Crippen molar-refractivity contribution in [1.29, 1.82) is 0 Å². The van der Waals surface area contributed by atoms with Gasteiger partial charge >= 0.3 is 5.97 Å². The lowest BCUT2D eigenvalue weighted by atomic mass is 10.2. The number of aromatic carboxylic acids is 1. The van der Waals surface area contributed by atoms with Gasteiger partial charge in [-0.25, -0.2) is 4.79 Å². The molecule has 1 heterocycles. The van der Waals surface area contributed by atoms with Crippen LogP contribution in [0.5, 0.6) is 11.5 Å². The third-order valence-electron chi connectivity index (χ3n) is 3.58. The molecule has 1 aliphatic heterocycles. The second-order valence-corrected chi connectivity index (χ2v) is 5.23. The highest BCUT2D eigenvalue weighted by atomic mass is 16.5. The second kappa shape index (κ2) is 5.97. The van der Waals surface area contributed by atoms with Gasteiger partial charge in [0.2, 0.25) is 0 Å². The first-order valence-electron chi connectivity index (χ1n) is 7.06. The van der Waals surface area contributed by atoms with Crippen LogP contribution in [0.3, 0.4) is 0 Å². The predicted octanol–water partition coefficient (Wildman–Crippen LogP) is 2.66. The summed E-state index contributed by atoms with van der Waals surface area (Å²) in [6.45, 7) is 1.15. The van der Waals surface area contributed by atoms with E-state index in [4.69, 9.17) is 14.6 Å². The van der Waals surface area contributed by atoms with Gasteiger partial charge < -0.3 is 19.5 Å². The second-order valence-electron chi connectivity index (χ2n) is 5.23. The lowest BCUT2D eigenvalue weighted by Crippen LogP contribution is -2.41. The highest BCUT2D eigenvalue weighted by Gasteiger charge is 2.23. The quantitative estimate of drug-likeness (QED) is 0.940.